The SMILES string of the molecule is CCCC(C(C)=O)N(C)Cc1ccc(C2=CCCC(N3CC(C)OC3=O)C=C2)cc1. The third-order valence-corrected chi connectivity index (χ3v) is 6.00. The second kappa shape index (κ2) is 10.1. The quantitative estimate of drug-likeness (QED) is 0.617. The number of carbonyl (C=O) groups is 2. The molecule has 5 heteroatoms. The molecule has 1 aromatic rings. The Morgan fingerprint density at radius 3 is 2.63 bits per heavy atom. The Hall–Kier alpha value is -2.40. The number of carbonyl (C=O) groups excluding carboxylic acids is 2. The molecule has 0 saturated carbocycles. The van der Waals surface area contributed by atoms with Gasteiger partial charge in [-0.2, -0.15) is 0 Å². The van der Waals surface area contributed by atoms with Crippen LogP contribution in [0.25, 0.3) is 5.57 Å². The number of ketones is 1. The minimum Gasteiger partial charge on any atom is -0.444 e. The molecule has 0 spiro atoms. The summed E-state index contributed by atoms with van der Waals surface area (Å²) in [6.07, 6.45) is 9.99. The first kappa shape index (κ1) is 22.3. The van der Waals surface area contributed by atoms with E-state index in [1.807, 2.05) is 18.9 Å². The largest absolute Gasteiger partial charge is 0.444 e. The third kappa shape index (κ3) is 5.39. The van der Waals surface area contributed by atoms with Crippen molar-refractivity contribution in [3.63, 3.8) is 0 Å². The van der Waals surface area contributed by atoms with E-state index in [0.29, 0.717) is 6.54 Å². The molecule has 0 N–H and O–H groups in total. The molecule has 3 atom stereocenters. The van der Waals surface area contributed by atoms with E-state index in [9.17, 15) is 9.59 Å². The average molecular weight is 411 g/mol. The maximum absolute atomic E-state index is 12.0. The highest BCUT2D eigenvalue weighted by Crippen LogP contribution is 2.26. The van der Waals surface area contributed by atoms with E-state index in [2.05, 4.69) is 54.3 Å². The van der Waals surface area contributed by atoms with Crippen molar-refractivity contribution in [2.45, 2.75) is 71.2 Å². The first-order valence-corrected chi connectivity index (χ1v) is 11.0. The Morgan fingerprint density at radius 1 is 1.30 bits per heavy atom. The molecule has 1 fully saturated rings. The molecule has 3 rings (SSSR count). The highest BCUT2D eigenvalue weighted by Gasteiger charge is 2.32. The molecule has 30 heavy (non-hydrogen) atoms. The number of Topliss-reactive ketones (excluding diaryl/α,β-unsaturated/α-hetero) is 1. The van der Waals surface area contributed by atoms with Gasteiger partial charge in [0.2, 0.25) is 0 Å². The summed E-state index contributed by atoms with van der Waals surface area (Å²) in [5.41, 5.74) is 3.56. The Morgan fingerprint density at radius 2 is 2.03 bits per heavy atom. The van der Waals surface area contributed by atoms with E-state index in [0.717, 1.165) is 32.2 Å². The molecule has 1 aliphatic heterocycles. The molecule has 0 radical (unpaired) electrons. The van der Waals surface area contributed by atoms with Crippen LogP contribution in [-0.2, 0) is 16.1 Å². The molecule has 1 aromatic carbocycles. The minimum absolute atomic E-state index is 0.0147. The van der Waals surface area contributed by atoms with Crippen molar-refractivity contribution in [3.05, 3.63) is 53.6 Å². The first-order chi connectivity index (χ1) is 14.4. The Balaban J connectivity index is 1.64. The van der Waals surface area contributed by atoms with E-state index in [1.165, 1.54) is 16.7 Å². The Labute approximate surface area is 180 Å². The van der Waals surface area contributed by atoms with Gasteiger partial charge in [-0.05, 0) is 56.9 Å². The lowest BCUT2D eigenvalue weighted by molar-refractivity contribution is -0.122. The molecule has 1 heterocycles. The smallest absolute Gasteiger partial charge is 0.410 e. The average Bonchev–Trinajstić information content (AvgIpc) is 2.91. The number of allylic oxidation sites excluding steroid dienone is 3. The summed E-state index contributed by atoms with van der Waals surface area (Å²) in [6, 6.07) is 8.66. The summed E-state index contributed by atoms with van der Waals surface area (Å²) in [4.78, 5) is 27.9. The van der Waals surface area contributed by atoms with Gasteiger partial charge in [-0.25, -0.2) is 4.79 Å². The van der Waals surface area contributed by atoms with Gasteiger partial charge < -0.3 is 4.74 Å². The minimum atomic E-state index is -0.207. The zero-order chi connectivity index (χ0) is 21.7. The Bertz CT molecular complexity index is 812. The van der Waals surface area contributed by atoms with Crippen LogP contribution in [0, 0.1) is 0 Å². The van der Waals surface area contributed by atoms with Gasteiger partial charge >= 0.3 is 6.09 Å². The molecule has 1 amide bonds. The molecule has 1 aliphatic carbocycles. The van der Waals surface area contributed by atoms with Crippen molar-refractivity contribution in [3.8, 4) is 0 Å². The lowest BCUT2D eigenvalue weighted by Crippen LogP contribution is -2.36. The van der Waals surface area contributed by atoms with Crippen LogP contribution in [0.4, 0.5) is 4.79 Å². The normalized spacial score (nSPS) is 22.6. The number of ether oxygens (including phenoxy) is 1. The fraction of sp³-hybridized carbons (Fsp3) is 0.520. The van der Waals surface area contributed by atoms with Crippen LogP contribution < -0.4 is 0 Å². The van der Waals surface area contributed by atoms with Crippen LogP contribution >= 0.6 is 0 Å². The molecule has 3 unspecified atom stereocenters. The summed E-state index contributed by atoms with van der Waals surface area (Å²) in [5.74, 6) is 0.232. The van der Waals surface area contributed by atoms with Crippen molar-refractivity contribution >= 4 is 17.4 Å². The summed E-state index contributed by atoms with van der Waals surface area (Å²) >= 11 is 0. The zero-order valence-electron chi connectivity index (χ0n) is 18.6. The molecular formula is C25H34N2O3. The lowest BCUT2D eigenvalue weighted by atomic mass is 10.0. The second-order valence-electron chi connectivity index (χ2n) is 8.54. The number of amides is 1. The van der Waals surface area contributed by atoms with E-state index in [4.69, 9.17) is 4.74 Å². The van der Waals surface area contributed by atoms with Crippen LogP contribution in [0.2, 0.25) is 0 Å². The number of cyclic esters (lactones) is 1. The maximum Gasteiger partial charge on any atom is 0.410 e. The van der Waals surface area contributed by atoms with Gasteiger partial charge in [-0.3, -0.25) is 14.6 Å². The van der Waals surface area contributed by atoms with Gasteiger partial charge in [0.05, 0.1) is 18.6 Å². The fourth-order valence-corrected chi connectivity index (χ4v) is 4.37. The van der Waals surface area contributed by atoms with E-state index in [-0.39, 0.29) is 30.1 Å². The highest BCUT2D eigenvalue weighted by atomic mass is 16.6. The van der Waals surface area contributed by atoms with E-state index < -0.39 is 0 Å². The van der Waals surface area contributed by atoms with Crippen molar-refractivity contribution in [2.75, 3.05) is 13.6 Å². The highest BCUT2D eigenvalue weighted by molar-refractivity contribution is 5.81. The molecule has 1 saturated heterocycles. The Kier molecular flexibility index (Phi) is 7.48. The standard InChI is InChI=1S/C25H34N2O3/c1-5-7-24(19(3)28)26(4)17-20-10-12-22(13-11-20)21-8-6-9-23(15-14-21)27-16-18(2)30-25(27)29/h8,10-15,18,23-24H,5-7,9,16-17H2,1-4H3. The van der Waals surface area contributed by atoms with Gasteiger partial charge in [-0.1, -0.05) is 55.8 Å². The predicted octanol–water partition coefficient (Wildman–Crippen LogP) is 4.82. The van der Waals surface area contributed by atoms with Gasteiger partial charge in [0.1, 0.15) is 11.9 Å². The van der Waals surface area contributed by atoms with Crippen LogP contribution in [0.15, 0.2) is 42.5 Å². The molecular weight excluding hydrogens is 376 g/mol. The van der Waals surface area contributed by atoms with Crippen molar-refractivity contribution in [1.29, 1.82) is 0 Å². The van der Waals surface area contributed by atoms with Crippen LogP contribution in [-0.4, -0.2) is 53.5 Å². The molecule has 162 valence electrons. The zero-order valence-corrected chi connectivity index (χ0v) is 18.6. The fourth-order valence-electron chi connectivity index (χ4n) is 4.37. The number of likely N-dealkylation sites (N-methyl/N-ethyl adjacent to an activating group) is 1. The lowest BCUT2D eigenvalue weighted by Gasteiger charge is -2.25. The number of hydrogen-bond acceptors (Lipinski definition) is 4. The molecule has 0 bridgehead atoms. The number of nitrogens with zero attached hydrogens (tertiary/aromatic N) is 2. The van der Waals surface area contributed by atoms with Crippen LogP contribution in [0.3, 0.4) is 0 Å². The van der Waals surface area contributed by atoms with E-state index >= 15 is 0 Å². The van der Waals surface area contributed by atoms with E-state index in [1.54, 1.807) is 6.92 Å². The number of hydrogen-bond donors (Lipinski definition) is 0. The van der Waals surface area contributed by atoms with Crippen LogP contribution in [0.1, 0.15) is 57.6 Å². The van der Waals surface area contributed by atoms with Crippen LogP contribution in [0.5, 0.6) is 0 Å². The monoisotopic (exact) mass is 410 g/mol. The van der Waals surface area contributed by atoms with Crippen molar-refractivity contribution in [2.24, 2.45) is 0 Å². The number of benzene rings is 1. The van der Waals surface area contributed by atoms with Gasteiger partial charge in [0.25, 0.3) is 0 Å². The van der Waals surface area contributed by atoms with Gasteiger partial charge in [0.15, 0.2) is 0 Å². The summed E-state index contributed by atoms with van der Waals surface area (Å²) in [7, 11) is 2.02. The molecule has 2 aliphatic rings. The van der Waals surface area contributed by atoms with Crippen molar-refractivity contribution in [1.82, 2.24) is 9.80 Å². The predicted molar refractivity (Wildman–Crippen MR) is 120 cm³/mol. The van der Waals surface area contributed by atoms with Gasteiger partial charge in [0, 0.05) is 6.54 Å². The molecule has 5 nitrogen and oxygen atoms in total. The molecule has 0 aromatic heterocycles. The third-order valence-electron chi connectivity index (χ3n) is 6.00. The second-order valence-corrected chi connectivity index (χ2v) is 8.54. The maximum atomic E-state index is 12.0. The van der Waals surface area contributed by atoms with Crippen molar-refractivity contribution < 1.29 is 14.3 Å². The first-order valence-electron chi connectivity index (χ1n) is 11.0. The number of rotatable bonds is 8. The summed E-state index contributed by atoms with van der Waals surface area (Å²) in [6.45, 7) is 7.15. The van der Waals surface area contributed by atoms with Gasteiger partial charge in [-0.15, -0.1) is 0 Å². The topological polar surface area (TPSA) is 49.9 Å². The summed E-state index contributed by atoms with van der Waals surface area (Å²) in [5, 5.41) is 0. The summed E-state index contributed by atoms with van der Waals surface area (Å²) < 4.78 is 5.28.